The molecule has 3 nitrogen and oxygen atoms in total. The van der Waals surface area contributed by atoms with Crippen LogP contribution in [0.15, 0.2) is 35.7 Å². The van der Waals surface area contributed by atoms with Crippen molar-refractivity contribution in [2.45, 2.75) is 24.8 Å². The summed E-state index contributed by atoms with van der Waals surface area (Å²) in [6, 6.07) is 4.69. The molecule has 1 atom stereocenters. The van der Waals surface area contributed by atoms with Crippen LogP contribution in [-0.2, 0) is 0 Å². The van der Waals surface area contributed by atoms with Crippen molar-refractivity contribution >= 4 is 17.5 Å². The van der Waals surface area contributed by atoms with Gasteiger partial charge in [0.1, 0.15) is 17.2 Å². The van der Waals surface area contributed by atoms with E-state index < -0.39 is 5.41 Å². The number of fused-ring (bicyclic) bond motifs is 1. The largest absolute Gasteiger partial charge is 0.294 e. The number of carbonyl (C=O) groups excluding carboxylic acids is 1. The third-order valence-electron chi connectivity index (χ3n) is 4.10. The van der Waals surface area contributed by atoms with Gasteiger partial charge >= 0.3 is 0 Å². The summed E-state index contributed by atoms with van der Waals surface area (Å²) in [6.07, 6.45) is 5.08. The maximum atomic E-state index is 14.4. The summed E-state index contributed by atoms with van der Waals surface area (Å²) < 4.78 is 14.4. The molecule has 3 rings (SSSR count). The van der Waals surface area contributed by atoms with Gasteiger partial charge in [-0.15, -0.1) is 11.8 Å². The molecule has 1 heterocycles. The highest BCUT2D eigenvalue weighted by molar-refractivity contribution is 7.98. The number of halogens is 1. The summed E-state index contributed by atoms with van der Waals surface area (Å²) in [7, 11) is 0. The highest BCUT2D eigenvalue weighted by atomic mass is 32.2. The molecule has 0 spiro atoms. The number of rotatable bonds is 2. The number of thioether (sulfide) groups is 1. The second-order valence-corrected chi connectivity index (χ2v) is 6.47. The molecular weight excluding hydrogens is 287 g/mol. The van der Waals surface area contributed by atoms with E-state index in [0.717, 1.165) is 10.6 Å². The molecule has 5 heteroatoms. The van der Waals surface area contributed by atoms with Gasteiger partial charge in [0.05, 0.1) is 0 Å². The van der Waals surface area contributed by atoms with E-state index in [1.807, 2.05) is 20.1 Å². The van der Waals surface area contributed by atoms with Gasteiger partial charge in [-0.3, -0.25) is 4.79 Å². The Hall–Kier alpha value is -1.75. The molecule has 1 aromatic carbocycles. The molecule has 21 heavy (non-hydrogen) atoms. The van der Waals surface area contributed by atoms with Crippen molar-refractivity contribution in [1.82, 2.24) is 9.97 Å². The lowest BCUT2D eigenvalue weighted by Crippen LogP contribution is -2.25. The minimum Gasteiger partial charge on any atom is -0.294 e. The van der Waals surface area contributed by atoms with Crippen molar-refractivity contribution in [3.63, 3.8) is 0 Å². The third-order valence-corrected chi connectivity index (χ3v) is 4.83. The van der Waals surface area contributed by atoms with Gasteiger partial charge in [0.25, 0.3) is 0 Å². The molecule has 0 N–H and O–H groups in total. The number of aromatic nitrogens is 2. The minimum atomic E-state index is -0.709. The second kappa shape index (κ2) is 4.91. The molecule has 1 aromatic heterocycles. The summed E-state index contributed by atoms with van der Waals surface area (Å²) in [6.45, 7) is 3.72. The van der Waals surface area contributed by atoms with Crippen LogP contribution < -0.4 is 0 Å². The van der Waals surface area contributed by atoms with Crippen molar-refractivity contribution in [1.29, 1.82) is 0 Å². The Labute approximate surface area is 127 Å². The van der Waals surface area contributed by atoms with Crippen LogP contribution >= 0.6 is 11.8 Å². The van der Waals surface area contributed by atoms with Gasteiger partial charge in [-0.2, -0.15) is 0 Å². The molecule has 0 aliphatic heterocycles. The molecular formula is C16H15FN2OS. The zero-order valence-corrected chi connectivity index (χ0v) is 12.9. The van der Waals surface area contributed by atoms with Crippen LogP contribution in [0.1, 0.15) is 41.3 Å². The summed E-state index contributed by atoms with van der Waals surface area (Å²) in [4.78, 5) is 21.0. The van der Waals surface area contributed by atoms with E-state index in [1.54, 1.807) is 18.3 Å². The van der Waals surface area contributed by atoms with Crippen LogP contribution in [0.3, 0.4) is 0 Å². The molecule has 108 valence electrons. The fraction of sp³-hybridized carbons (Fsp3) is 0.312. The fourth-order valence-corrected chi connectivity index (χ4v) is 3.67. The SMILES string of the molecule is CSc1ncncc1C1c2c(F)cccc2C(=O)C1(C)C. The highest BCUT2D eigenvalue weighted by Crippen LogP contribution is 2.52. The summed E-state index contributed by atoms with van der Waals surface area (Å²) >= 11 is 1.48. The van der Waals surface area contributed by atoms with Gasteiger partial charge in [0.15, 0.2) is 5.78 Å². The summed E-state index contributed by atoms with van der Waals surface area (Å²) in [5.41, 5.74) is 1.05. The molecule has 2 aromatic rings. The standard InChI is InChI=1S/C16H15FN2OS/c1-16(2)13(10-7-18-8-19-15(10)21-3)12-9(14(16)20)5-4-6-11(12)17/h4-8,13H,1-3H3. The van der Waals surface area contributed by atoms with E-state index in [-0.39, 0.29) is 17.5 Å². The average Bonchev–Trinajstić information content (AvgIpc) is 2.68. The molecule has 0 bridgehead atoms. The number of hydrogen-bond donors (Lipinski definition) is 0. The zero-order chi connectivity index (χ0) is 15.2. The second-order valence-electron chi connectivity index (χ2n) is 5.67. The van der Waals surface area contributed by atoms with Crippen LogP contribution in [0.2, 0.25) is 0 Å². The number of hydrogen-bond acceptors (Lipinski definition) is 4. The van der Waals surface area contributed by atoms with Gasteiger partial charge < -0.3 is 0 Å². The molecule has 1 aliphatic carbocycles. The lowest BCUT2D eigenvalue weighted by molar-refractivity contribution is 0.0846. The van der Waals surface area contributed by atoms with Gasteiger partial charge in [0.2, 0.25) is 0 Å². The molecule has 1 aliphatic rings. The number of ketones is 1. The highest BCUT2D eigenvalue weighted by Gasteiger charge is 2.49. The number of Topliss-reactive ketones (excluding diaryl/α,β-unsaturated/α-hetero) is 1. The normalized spacial score (nSPS) is 19.6. The van der Waals surface area contributed by atoms with E-state index in [2.05, 4.69) is 9.97 Å². The molecule has 0 radical (unpaired) electrons. The van der Waals surface area contributed by atoms with E-state index in [9.17, 15) is 9.18 Å². The van der Waals surface area contributed by atoms with Crippen molar-refractivity contribution in [3.8, 4) is 0 Å². The first-order valence-corrected chi connectivity index (χ1v) is 7.88. The first-order chi connectivity index (χ1) is 9.98. The Morgan fingerprint density at radius 3 is 2.81 bits per heavy atom. The molecule has 0 saturated heterocycles. The van der Waals surface area contributed by atoms with Crippen LogP contribution in [0.5, 0.6) is 0 Å². The van der Waals surface area contributed by atoms with Crippen molar-refractivity contribution < 1.29 is 9.18 Å². The van der Waals surface area contributed by atoms with Crippen LogP contribution in [0.25, 0.3) is 0 Å². The molecule has 0 fully saturated rings. The Bertz CT molecular complexity index is 730. The Morgan fingerprint density at radius 1 is 1.33 bits per heavy atom. The van der Waals surface area contributed by atoms with Crippen molar-refractivity contribution in [3.05, 3.63) is 53.2 Å². The maximum Gasteiger partial charge on any atom is 0.169 e. The van der Waals surface area contributed by atoms with E-state index >= 15 is 0 Å². The number of benzene rings is 1. The lowest BCUT2D eigenvalue weighted by atomic mass is 9.76. The molecule has 0 amide bonds. The predicted octanol–water partition coefficient (Wildman–Crippen LogP) is 3.69. The Morgan fingerprint density at radius 2 is 2.10 bits per heavy atom. The van der Waals surface area contributed by atoms with Gasteiger partial charge in [-0.25, -0.2) is 14.4 Å². The van der Waals surface area contributed by atoms with Crippen LogP contribution in [-0.4, -0.2) is 22.0 Å². The van der Waals surface area contributed by atoms with Gasteiger partial charge in [-0.1, -0.05) is 26.0 Å². The third kappa shape index (κ3) is 1.99. The predicted molar refractivity (Wildman–Crippen MR) is 80.2 cm³/mol. The zero-order valence-electron chi connectivity index (χ0n) is 12.1. The quantitative estimate of drug-likeness (QED) is 0.627. The van der Waals surface area contributed by atoms with E-state index in [4.69, 9.17) is 0 Å². The minimum absolute atomic E-state index is 0.0297. The first kappa shape index (κ1) is 14.2. The van der Waals surface area contributed by atoms with Crippen LogP contribution in [0, 0.1) is 11.2 Å². The Kier molecular flexibility index (Phi) is 3.32. The summed E-state index contributed by atoms with van der Waals surface area (Å²) in [5.74, 6) is -0.727. The van der Waals surface area contributed by atoms with Gasteiger partial charge in [-0.05, 0) is 12.3 Å². The number of carbonyl (C=O) groups is 1. The number of nitrogens with zero attached hydrogens (tertiary/aromatic N) is 2. The first-order valence-electron chi connectivity index (χ1n) is 6.65. The average molecular weight is 302 g/mol. The monoisotopic (exact) mass is 302 g/mol. The van der Waals surface area contributed by atoms with Crippen molar-refractivity contribution in [2.24, 2.45) is 5.41 Å². The Balaban J connectivity index is 2.30. The topological polar surface area (TPSA) is 42.9 Å². The van der Waals surface area contributed by atoms with E-state index in [0.29, 0.717) is 11.1 Å². The smallest absolute Gasteiger partial charge is 0.169 e. The van der Waals surface area contributed by atoms with Gasteiger partial charge in [0, 0.05) is 34.2 Å². The fourth-order valence-electron chi connectivity index (χ4n) is 3.11. The molecule has 1 unspecified atom stereocenters. The van der Waals surface area contributed by atoms with Crippen molar-refractivity contribution in [2.75, 3.05) is 6.26 Å². The molecule has 0 saturated carbocycles. The maximum absolute atomic E-state index is 14.4. The lowest BCUT2D eigenvalue weighted by Gasteiger charge is -2.27. The van der Waals surface area contributed by atoms with Crippen LogP contribution in [0.4, 0.5) is 4.39 Å². The summed E-state index contributed by atoms with van der Waals surface area (Å²) in [5, 5.41) is 0.784. The van der Waals surface area contributed by atoms with E-state index in [1.165, 1.54) is 24.2 Å².